The predicted octanol–water partition coefficient (Wildman–Crippen LogP) is 0.465. The third-order valence-corrected chi connectivity index (χ3v) is 1.64. The summed E-state index contributed by atoms with van der Waals surface area (Å²) in [6.07, 6.45) is 2.16. The normalized spacial score (nSPS) is 10.6. The zero-order chi connectivity index (χ0) is 6.24. The van der Waals surface area contributed by atoms with Gasteiger partial charge in [-0.2, -0.15) is 0 Å². The molecule has 2 nitrogen and oxygen atoms in total. The second-order valence-corrected chi connectivity index (χ2v) is 2.67. The molecule has 0 bridgehead atoms. The van der Waals surface area contributed by atoms with Gasteiger partial charge in [0, 0.05) is 0 Å². The monoisotopic (exact) mass is 133 g/mol. The van der Waals surface area contributed by atoms with Crippen LogP contribution >= 0.6 is 8.58 Å². The Morgan fingerprint density at radius 1 is 1.75 bits per heavy atom. The molecule has 48 valence electrons. The summed E-state index contributed by atoms with van der Waals surface area (Å²) in [5, 5.41) is 3.02. The van der Waals surface area contributed by atoms with Crippen molar-refractivity contribution >= 4 is 14.6 Å². The molecule has 0 aromatic rings. The minimum Gasteiger partial charge on any atom is -0.320 e. The molecule has 1 atom stereocenters. The summed E-state index contributed by atoms with van der Waals surface area (Å²) >= 11 is 0. The van der Waals surface area contributed by atoms with Crippen LogP contribution in [0, 0.1) is 0 Å². The first-order valence-electron chi connectivity index (χ1n) is 2.73. The Morgan fingerprint density at radius 2 is 2.50 bits per heavy atom. The lowest BCUT2D eigenvalue weighted by atomic mass is 10.5. The molecule has 8 heavy (non-hydrogen) atoms. The van der Waals surface area contributed by atoms with Gasteiger partial charge in [0.2, 0.25) is 0 Å². The maximum Gasteiger partial charge on any atom is 0.138 e. The zero-order valence-corrected chi connectivity index (χ0v) is 6.11. The number of carbonyl (C=O) groups is 1. The number of carbonyl (C=O) groups excluding carboxylic acids is 1. The third kappa shape index (κ3) is 6.06. The van der Waals surface area contributed by atoms with Crippen molar-refractivity contribution in [1.82, 2.24) is 5.32 Å². The Labute approximate surface area is 51.8 Å². The Morgan fingerprint density at radius 3 is 3.00 bits per heavy atom. The van der Waals surface area contributed by atoms with Crippen LogP contribution in [0.2, 0.25) is 0 Å². The fourth-order valence-corrected chi connectivity index (χ4v) is 0.925. The summed E-state index contributed by atoms with van der Waals surface area (Å²) in [4.78, 5) is 9.76. The molecule has 0 aliphatic heterocycles. The first-order valence-corrected chi connectivity index (χ1v) is 4.02. The van der Waals surface area contributed by atoms with Crippen LogP contribution in [0.5, 0.6) is 0 Å². The van der Waals surface area contributed by atoms with Gasteiger partial charge in [-0.05, 0) is 26.2 Å². The summed E-state index contributed by atoms with van der Waals surface area (Å²) < 4.78 is 0. The first kappa shape index (κ1) is 8.06. The molecule has 0 rings (SSSR count). The molecule has 0 aliphatic rings. The van der Waals surface area contributed by atoms with Crippen molar-refractivity contribution in [3.05, 3.63) is 0 Å². The van der Waals surface area contributed by atoms with E-state index >= 15 is 0 Å². The van der Waals surface area contributed by atoms with E-state index in [4.69, 9.17) is 0 Å². The Balaban J connectivity index is 2.62. The Hall–Kier alpha value is 0.0600. The van der Waals surface area contributed by atoms with Gasteiger partial charge in [0.15, 0.2) is 0 Å². The van der Waals surface area contributed by atoms with Crippen LogP contribution < -0.4 is 5.32 Å². The summed E-state index contributed by atoms with van der Waals surface area (Å²) in [6, 6.07) is 0.996. The lowest BCUT2D eigenvalue weighted by molar-refractivity contribution is 0.569. The highest BCUT2D eigenvalue weighted by Crippen LogP contribution is 2.03. The number of hydrogen-bond donors (Lipinski definition) is 1. The van der Waals surface area contributed by atoms with E-state index in [0.717, 1.165) is 25.2 Å². The maximum atomic E-state index is 9.76. The van der Waals surface area contributed by atoms with Crippen molar-refractivity contribution in [3.8, 4) is 0 Å². The highest BCUT2D eigenvalue weighted by atomic mass is 31.1. The highest BCUT2D eigenvalue weighted by Gasteiger charge is 1.82. The van der Waals surface area contributed by atoms with Crippen molar-refractivity contribution in [1.29, 1.82) is 0 Å². The van der Waals surface area contributed by atoms with Gasteiger partial charge < -0.3 is 5.32 Å². The molecule has 0 heterocycles. The van der Waals surface area contributed by atoms with E-state index in [9.17, 15) is 4.79 Å². The van der Waals surface area contributed by atoms with Gasteiger partial charge in [-0.3, -0.25) is 4.79 Å². The molecule has 3 heteroatoms. The van der Waals surface area contributed by atoms with Crippen LogP contribution in [0.3, 0.4) is 0 Å². The molecule has 0 spiro atoms. The molecule has 1 unspecified atom stereocenters. The molecule has 0 aromatic heterocycles. The van der Waals surface area contributed by atoms with Crippen LogP contribution in [0.15, 0.2) is 0 Å². The van der Waals surface area contributed by atoms with E-state index in [-0.39, 0.29) is 0 Å². The number of nitrogens with one attached hydrogen (secondary N) is 1. The van der Waals surface area contributed by atoms with E-state index < -0.39 is 0 Å². The smallest absolute Gasteiger partial charge is 0.138 e. The third-order valence-electron chi connectivity index (χ3n) is 0.831. The fraction of sp³-hybridized carbons (Fsp3) is 0.800. The second kappa shape index (κ2) is 7.06. The lowest BCUT2D eigenvalue weighted by Crippen LogP contribution is -2.07. The van der Waals surface area contributed by atoms with Gasteiger partial charge in [0.1, 0.15) is 6.03 Å². The van der Waals surface area contributed by atoms with Crippen molar-refractivity contribution in [3.63, 3.8) is 0 Å². The van der Waals surface area contributed by atoms with E-state index in [1.54, 1.807) is 0 Å². The van der Waals surface area contributed by atoms with Crippen LogP contribution in [0.4, 0.5) is 0 Å². The number of hydrogen-bond acceptors (Lipinski definition) is 2. The summed E-state index contributed by atoms with van der Waals surface area (Å²) in [6.45, 7) is 1.03. The van der Waals surface area contributed by atoms with Crippen molar-refractivity contribution in [2.24, 2.45) is 0 Å². The quantitative estimate of drug-likeness (QED) is 0.335. The molecule has 0 fully saturated rings. The largest absolute Gasteiger partial charge is 0.320 e. The van der Waals surface area contributed by atoms with Crippen LogP contribution in [-0.2, 0) is 4.79 Å². The van der Waals surface area contributed by atoms with E-state index in [1.165, 1.54) is 0 Å². The molecule has 1 N–H and O–H groups in total. The molecule has 0 saturated heterocycles. The fourth-order valence-electron chi connectivity index (χ4n) is 0.426. The van der Waals surface area contributed by atoms with Gasteiger partial charge in [0.05, 0.1) is 0 Å². The highest BCUT2D eigenvalue weighted by molar-refractivity contribution is 7.54. The predicted molar refractivity (Wildman–Crippen MR) is 38.5 cm³/mol. The minimum atomic E-state index is 0.504. The minimum absolute atomic E-state index is 0.504. The molecular weight excluding hydrogens is 121 g/mol. The summed E-state index contributed by atoms with van der Waals surface area (Å²) in [5.41, 5.74) is 0. The molecule has 0 radical (unpaired) electrons. The van der Waals surface area contributed by atoms with Crippen molar-refractivity contribution in [2.75, 3.05) is 19.8 Å². The Bertz CT molecular complexity index is 58.4. The van der Waals surface area contributed by atoms with Crippen LogP contribution in [-0.4, -0.2) is 25.8 Å². The molecule has 0 amide bonds. The maximum absolute atomic E-state index is 9.76. The standard InChI is InChI=1S/C5H12NOP/c1-6-3-2-4-8-5-7/h5-6,8H,2-4H2,1H3. The molecule has 0 aromatic carbocycles. The molecule has 0 saturated carbocycles. The van der Waals surface area contributed by atoms with Gasteiger partial charge >= 0.3 is 0 Å². The van der Waals surface area contributed by atoms with Crippen molar-refractivity contribution in [2.45, 2.75) is 6.42 Å². The summed E-state index contributed by atoms with van der Waals surface area (Å²) in [7, 11) is 2.42. The van der Waals surface area contributed by atoms with Gasteiger partial charge in [-0.25, -0.2) is 0 Å². The average molecular weight is 133 g/mol. The summed E-state index contributed by atoms with van der Waals surface area (Å²) in [5.74, 6) is 0. The lowest BCUT2D eigenvalue weighted by Gasteiger charge is -1.92. The topological polar surface area (TPSA) is 29.1 Å². The van der Waals surface area contributed by atoms with Crippen molar-refractivity contribution < 1.29 is 4.79 Å². The van der Waals surface area contributed by atoms with Gasteiger partial charge in [-0.1, -0.05) is 8.58 Å². The van der Waals surface area contributed by atoms with Gasteiger partial charge in [-0.15, -0.1) is 0 Å². The molecule has 0 aliphatic carbocycles. The Kier molecular flexibility index (Phi) is 7.11. The van der Waals surface area contributed by atoms with Gasteiger partial charge in [0.25, 0.3) is 0 Å². The molecular formula is C5H12NOP. The van der Waals surface area contributed by atoms with Crippen LogP contribution in [0.1, 0.15) is 6.42 Å². The first-order chi connectivity index (χ1) is 3.91. The second-order valence-electron chi connectivity index (χ2n) is 1.53. The van der Waals surface area contributed by atoms with E-state index in [0.29, 0.717) is 8.58 Å². The van der Waals surface area contributed by atoms with E-state index in [1.807, 2.05) is 7.05 Å². The SMILES string of the molecule is CNCCCPC=O. The average Bonchev–Trinajstić information content (AvgIpc) is 1.81. The zero-order valence-electron chi connectivity index (χ0n) is 5.11. The van der Waals surface area contributed by atoms with Crippen LogP contribution in [0.25, 0.3) is 0 Å². The van der Waals surface area contributed by atoms with E-state index in [2.05, 4.69) is 5.32 Å². The number of rotatable bonds is 5.